The molecule has 128 valence electrons. The molecule has 1 aromatic rings. The van der Waals surface area contributed by atoms with Crippen molar-refractivity contribution >= 4 is 11.8 Å². The number of nitrogens with zero attached hydrogens (tertiary/aromatic N) is 2. The Balaban J connectivity index is 2.02. The average Bonchev–Trinajstić information content (AvgIpc) is 2.64. The lowest BCUT2D eigenvalue weighted by atomic mass is 10.1. The van der Waals surface area contributed by atoms with E-state index in [0.29, 0.717) is 18.9 Å². The van der Waals surface area contributed by atoms with Gasteiger partial charge in [-0.2, -0.15) is 5.10 Å². The molecular formula is C17H28N4O2. The third-order valence-corrected chi connectivity index (χ3v) is 4.28. The van der Waals surface area contributed by atoms with Gasteiger partial charge in [0, 0.05) is 24.3 Å². The predicted molar refractivity (Wildman–Crippen MR) is 89.0 cm³/mol. The lowest BCUT2D eigenvalue weighted by Crippen LogP contribution is -2.46. The molecule has 1 atom stereocenters. The molecule has 2 N–H and O–H groups in total. The molecule has 0 unspecified atom stereocenters. The van der Waals surface area contributed by atoms with Gasteiger partial charge in [0.2, 0.25) is 11.8 Å². The minimum Gasteiger partial charge on any atom is -0.354 e. The highest BCUT2D eigenvalue weighted by Gasteiger charge is 2.23. The summed E-state index contributed by atoms with van der Waals surface area (Å²) in [4.78, 5) is 24.3. The molecule has 1 aliphatic rings. The van der Waals surface area contributed by atoms with Crippen LogP contribution in [0.25, 0.3) is 0 Å². The summed E-state index contributed by atoms with van der Waals surface area (Å²) in [7, 11) is 0. The molecular weight excluding hydrogens is 292 g/mol. The number of aromatic nitrogens is 2. The van der Waals surface area contributed by atoms with Crippen molar-refractivity contribution in [2.24, 2.45) is 5.92 Å². The summed E-state index contributed by atoms with van der Waals surface area (Å²) in [6.07, 6.45) is 2.91. The topological polar surface area (TPSA) is 76.0 Å². The number of aryl methyl sites for hydroxylation is 1. The first-order chi connectivity index (χ1) is 10.9. The van der Waals surface area contributed by atoms with Gasteiger partial charge in [0.1, 0.15) is 6.04 Å². The van der Waals surface area contributed by atoms with E-state index in [9.17, 15) is 9.59 Å². The van der Waals surface area contributed by atoms with Gasteiger partial charge in [-0.3, -0.25) is 14.3 Å². The zero-order valence-electron chi connectivity index (χ0n) is 14.6. The van der Waals surface area contributed by atoms with Crippen molar-refractivity contribution in [3.05, 3.63) is 17.0 Å². The third kappa shape index (κ3) is 4.56. The van der Waals surface area contributed by atoms with Crippen LogP contribution >= 0.6 is 0 Å². The van der Waals surface area contributed by atoms with Gasteiger partial charge in [0.25, 0.3) is 0 Å². The fourth-order valence-corrected chi connectivity index (χ4v) is 3.00. The molecule has 6 heteroatoms. The molecule has 2 heterocycles. The Hall–Kier alpha value is -1.85. The van der Waals surface area contributed by atoms with Crippen LogP contribution in [-0.4, -0.2) is 34.2 Å². The minimum atomic E-state index is -0.406. The van der Waals surface area contributed by atoms with Crippen LogP contribution in [0.15, 0.2) is 0 Å². The Morgan fingerprint density at radius 2 is 2.13 bits per heavy atom. The minimum absolute atomic E-state index is 0.0696. The van der Waals surface area contributed by atoms with E-state index < -0.39 is 6.04 Å². The van der Waals surface area contributed by atoms with E-state index in [2.05, 4.69) is 29.6 Å². The van der Waals surface area contributed by atoms with E-state index in [0.717, 1.165) is 36.3 Å². The van der Waals surface area contributed by atoms with Crippen LogP contribution in [0.3, 0.4) is 0 Å². The van der Waals surface area contributed by atoms with Gasteiger partial charge in [0.05, 0.1) is 12.1 Å². The van der Waals surface area contributed by atoms with Crippen molar-refractivity contribution < 1.29 is 9.59 Å². The fraction of sp³-hybridized carbons (Fsp3) is 0.706. The van der Waals surface area contributed by atoms with E-state index in [4.69, 9.17) is 0 Å². The van der Waals surface area contributed by atoms with Crippen molar-refractivity contribution in [3.63, 3.8) is 0 Å². The number of carbonyl (C=O) groups is 2. The first-order valence-corrected chi connectivity index (χ1v) is 8.48. The van der Waals surface area contributed by atoms with Crippen molar-refractivity contribution in [2.45, 2.75) is 66.0 Å². The summed E-state index contributed by atoms with van der Waals surface area (Å²) in [5.74, 6) is 0.325. The summed E-state index contributed by atoms with van der Waals surface area (Å²) in [6.45, 7) is 9.78. The molecule has 1 aliphatic heterocycles. The number of hydrogen-bond acceptors (Lipinski definition) is 3. The van der Waals surface area contributed by atoms with Gasteiger partial charge in [-0.25, -0.2) is 0 Å². The monoisotopic (exact) mass is 320 g/mol. The van der Waals surface area contributed by atoms with Crippen LogP contribution < -0.4 is 10.6 Å². The van der Waals surface area contributed by atoms with Gasteiger partial charge in [-0.15, -0.1) is 0 Å². The molecule has 0 aliphatic carbocycles. The number of amides is 2. The lowest BCUT2D eigenvalue weighted by molar-refractivity contribution is -0.128. The molecule has 0 saturated carbocycles. The molecule has 6 nitrogen and oxygen atoms in total. The average molecular weight is 320 g/mol. The van der Waals surface area contributed by atoms with Crippen LogP contribution in [0.2, 0.25) is 0 Å². The standard InChI is InChI=1S/C17H28N4O2/c1-11(2)10-21-13(4)14(12(3)20-21)9-16(22)19-15-7-5-6-8-18-17(15)23/h11,15H,5-10H2,1-4H3,(H,18,23)(H,19,22)/t15-/m0/s1. The Morgan fingerprint density at radius 3 is 2.83 bits per heavy atom. The maximum Gasteiger partial charge on any atom is 0.242 e. The van der Waals surface area contributed by atoms with E-state index in [-0.39, 0.29) is 18.2 Å². The Bertz CT molecular complexity index is 577. The van der Waals surface area contributed by atoms with E-state index in [1.54, 1.807) is 0 Å². The van der Waals surface area contributed by atoms with Crippen LogP contribution in [-0.2, 0) is 22.6 Å². The third-order valence-electron chi connectivity index (χ3n) is 4.28. The van der Waals surface area contributed by atoms with Crippen LogP contribution in [0.1, 0.15) is 50.1 Å². The number of rotatable bonds is 5. The van der Waals surface area contributed by atoms with E-state index >= 15 is 0 Å². The zero-order chi connectivity index (χ0) is 17.0. The van der Waals surface area contributed by atoms with E-state index in [1.165, 1.54) is 0 Å². The van der Waals surface area contributed by atoms with Gasteiger partial charge < -0.3 is 10.6 Å². The molecule has 1 saturated heterocycles. The summed E-state index contributed by atoms with van der Waals surface area (Å²) in [5, 5.41) is 10.3. The highest BCUT2D eigenvalue weighted by atomic mass is 16.2. The molecule has 23 heavy (non-hydrogen) atoms. The SMILES string of the molecule is Cc1nn(CC(C)C)c(C)c1CC(=O)N[C@H]1CCCCNC1=O. The molecule has 0 radical (unpaired) electrons. The molecule has 1 aromatic heterocycles. The second-order valence-electron chi connectivity index (χ2n) is 6.81. The van der Waals surface area contributed by atoms with Gasteiger partial charge in [-0.1, -0.05) is 13.8 Å². The summed E-state index contributed by atoms with van der Waals surface area (Å²) >= 11 is 0. The van der Waals surface area contributed by atoms with Crippen LogP contribution in [0, 0.1) is 19.8 Å². The Labute approximate surface area is 138 Å². The number of nitrogens with one attached hydrogen (secondary N) is 2. The maximum atomic E-state index is 12.3. The lowest BCUT2D eigenvalue weighted by Gasteiger charge is -2.15. The first kappa shape index (κ1) is 17.5. The Kier molecular flexibility index (Phi) is 5.80. The van der Waals surface area contributed by atoms with E-state index in [1.807, 2.05) is 18.5 Å². The van der Waals surface area contributed by atoms with Crippen LogP contribution in [0.5, 0.6) is 0 Å². The van der Waals surface area contributed by atoms with Crippen molar-refractivity contribution in [3.8, 4) is 0 Å². The number of carbonyl (C=O) groups excluding carboxylic acids is 2. The van der Waals surface area contributed by atoms with Gasteiger partial charge in [-0.05, 0) is 39.0 Å². The maximum absolute atomic E-state index is 12.3. The normalized spacial score (nSPS) is 18.7. The molecule has 2 rings (SSSR count). The molecule has 0 aromatic carbocycles. The van der Waals surface area contributed by atoms with Crippen LogP contribution in [0.4, 0.5) is 0 Å². The second kappa shape index (κ2) is 7.62. The highest BCUT2D eigenvalue weighted by molar-refractivity contribution is 5.88. The fourth-order valence-electron chi connectivity index (χ4n) is 3.00. The molecule has 0 spiro atoms. The predicted octanol–water partition coefficient (Wildman–Crippen LogP) is 1.48. The largest absolute Gasteiger partial charge is 0.354 e. The quantitative estimate of drug-likeness (QED) is 0.863. The zero-order valence-corrected chi connectivity index (χ0v) is 14.6. The number of hydrogen-bond donors (Lipinski definition) is 2. The molecule has 1 fully saturated rings. The molecule has 2 amide bonds. The van der Waals surface area contributed by atoms with Gasteiger partial charge in [0.15, 0.2) is 0 Å². The summed E-state index contributed by atoms with van der Waals surface area (Å²) in [5.41, 5.74) is 2.90. The first-order valence-electron chi connectivity index (χ1n) is 8.48. The Morgan fingerprint density at radius 1 is 1.39 bits per heavy atom. The molecule has 0 bridgehead atoms. The summed E-state index contributed by atoms with van der Waals surface area (Å²) < 4.78 is 1.97. The summed E-state index contributed by atoms with van der Waals surface area (Å²) in [6, 6.07) is -0.406. The van der Waals surface area contributed by atoms with Gasteiger partial charge >= 0.3 is 0 Å². The van der Waals surface area contributed by atoms with Crippen molar-refractivity contribution in [1.82, 2.24) is 20.4 Å². The second-order valence-corrected chi connectivity index (χ2v) is 6.81. The highest BCUT2D eigenvalue weighted by Crippen LogP contribution is 2.16. The smallest absolute Gasteiger partial charge is 0.242 e. The van der Waals surface area contributed by atoms with Crippen molar-refractivity contribution in [2.75, 3.05) is 6.54 Å². The van der Waals surface area contributed by atoms with Crippen molar-refractivity contribution in [1.29, 1.82) is 0 Å².